The van der Waals surface area contributed by atoms with E-state index < -0.39 is 10.0 Å². The molecule has 1 aliphatic rings. The number of aryl methyl sites for hydroxylation is 2. The number of fused-ring (bicyclic) bond motifs is 3. The van der Waals surface area contributed by atoms with Gasteiger partial charge in [0.25, 0.3) is 0 Å². The number of hydrogen-bond donors (Lipinski definition) is 2. The summed E-state index contributed by atoms with van der Waals surface area (Å²) in [6.07, 6.45) is 4.31. The second kappa shape index (κ2) is 10.1. The van der Waals surface area contributed by atoms with Crippen LogP contribution in [0.5, 0.6) is 17.2 Å². The topological polar surface area (TPSA) is 89.7 Å². The number of rotatable bonds is 10. The predicted molar refractivity (Wildman–Crippen MR) is 129 cm³/mol. The van der Waals surface area contributed by atoms with E-state index in [9.17, 15) is 8.42 Å². The lowest BCUT2D eigenvalue weighted by Crippen LogP contribution is -2.23. The van der Waals surface area contributed by atoms with E-state index in [1.807, 2.05) is 26.8 Å². The van der Waals surface area contributed by atoms with Crippen LogP contribution in [-0.4, -0.2) is 33.2 Å². The Bertz CT molecular complexity index is 1210. The zero-order valence-corrected chi connectivity index (χ0v) is 20.3. The molecule has 0 spiro atoms. The zero-order valence-electron chi connectivity index (χ0n) is 19.5. The first-order valence-corrected chi connectivity index (χ1v) is 13.1. The van der Waals surface area contributed by atoms with E-state index in [1.165, 1.54) is 17.7 Å². The van der Waals surface area contributed by atoms with Crippen LogP contribution in [-0.2, 0) is 29.4 Å². The monoisotopic (exact) mass is 472 g/mol. The fourth-order valence-electron chi connectivity index (χ4n) is 4.36. The summed E-state index contributed by atoms with van der Waals surface area (Å²) in [5.41, 5.74) is 4.21. The van der Waals surface area contributed by atoms with Crippen LogP contribution in [0.3, 0.4) is 0 Å². The molecule has 1 heterocycles. The molecule has 0 unspecified atom stereocenters. The lowest BCUT2D eigenvalue weighted by Gasteiger charge is -2.17. The van der Waals surface area contributed by atoms with Gasteiger partial charge in [0.2, 0.25) is 15.8 Å². The summed E-state index contributed by atoms with van der Waals surface area (Å²) in [4.78, 5) is 3.72. The average Bonchev–Trinajstić information content (AvgIpc) is 3.18. The van der Waals surface area contributed by atoms with Gasteiger partial charge in [0, 0.05) is 23.1 Å². The Morgan fingerprint density at radius 1 is 0.909 bits per heavy atom. The summed E-state index contributed by atoms with van der Waals surface area (Å²) in [5, 5.41) is 1.01. The van der Waals surface area contributed by atoms with Crippen LogP contribution < -0.4 is 18.9 Å². The van der Waals surface area contributed by atoms with Gasteiger partial charge in [0.1, 0.15) is 0 Å². The number of aromatic amines is 1. The molecule has 0 amide bonds. The highest BCUT2D eigenvalue weighted by atomic mass is 32.2. The van der Waals surface area contributed by atoms with Crippen molar-refractivity contribution < 1.29 is 22.6 Å². The third-order valence-electron chi connectivity index (χ3n) is 5.82. The summed E-state index contributed by atoms with van der Waals surface area (Å²) >= 11 is 0. The van der Waals surface area contributed by atoms with Crippen LogP contribution in [0.25, 0.3) is 10.9 Å². The van der Waals surface area contributed by atoms with E-state index >= 15 is 0 Å². The molecule has 3 aromatic rings. The highest BCUT2D eigenvalue weighted by Gasteiger charge is 2.21. The molecule has 0 saturated carbocycles. The first kappa shape index (κ1) is 23.4. The zero-order chi connectivity index (χ0) is 23.4. The molecule has 0 saturated heterocycles. The fourth-order valence-corrected chi connectivity index (χ4v) is 5.40. The Morgan fingerprint density at radius 3 is 2.24 bits per heavy atom. The summed E-state index contributed by atoms with van der Waals surface area (Å²) in [6.45, 7) is 7.17. The van der Waals surface area contributed by atoms with Crippen molar-refractivity contribution in [3.8, 4) is 17.2 Å². The second-order valence-electron chi connectivity index (χ2n) is 8.04. The minimum Gasteiger partial charge on any atom is -0.490 e. The Labute approximate surface area is 195 Å². The van der Waals surface area contributed by atoms with Crippen LogP contribution >= 0.6 is 0 Å². The molecule has 2 aromatic carbocycles. The molecule has 2 N–H and O–H groups in total. The Kier molecular flexibility index (Phi) is 7.14. The molecule has 0 fully saturated rings. The number of hydrogen-bond acceptors (Lipinski definition) is 5. The van der Waals surface area contributed by atoms with Gasteiger partial charge in [0.15, 0.2) is 11.5 Å². The smallest absolute Gasteiger partial charge is 0.240 e. The first-order chi connectivity index (χ1) is 16.0. The SMILES string of the molecule is CCOc1cc(CNS(=O)(=O)c2ccc3[nH]c4c(c3c2)CCCC4)cc(OCC)c1OCC. The van der Waals surface area contributed by atoms with Crippen LogP contribution in [0, 0.1) is 0 Å². The summed E-state index contributed by atoms with van der Waals surface area (Å²) in [5.74, 6) is 1.62. The van der Waals surface area contributed by atoms with Crippen molar-refractivity contribution in [1.82, 2.24) is 9.71 Å². The maximum atomic E-state index is 13.1. The first-order valence-electron chi connectivity index (χ1n) is 11.6. The number of aromatic nitrogens is 1. The quantitative estimate of drug-likeness (QED) is 0.446. The number of sulfonamides is 1. The van der Waals surface area contributed by atoms with Gasteiger partial charge in [-0.25, -0.2) is 13.1 Å². The fraction of sp³-hybridized carbons (Fsp3) is 0.440. The normalized spacial score (nSPS) is 13.7. The molecule has 0 radical (unpaired) electrons. The van der Waals surface area contributed by atoms with Crippen LogP contribution in [0.1, 0.15) is 50.4 Å². The van der Waals surface area contributed by atoms with Crippen molar-refractivity contribution in [2.75, 3.05) is 19.8 Å². The lowest BCUT2D eigenvalue weighted by molar-refractivity contribution is 0.260. The summed E-state index contributed by atoms with van der Waals surface area (Å²) < 4.78 is 46.2. The van der Waals surface area contributed by atoms with Gasteiger partial charge in [-0.1, -0.05) is 0 Å². The van der Waals surface area contributed by atoms with Gasteiger partial charge in [-0.05, 0) is 87.9 Å². The Balaban J connectivity index is 1.60. The molecule has 33 heavy (non-hydrogen) atoms. The molecule has 1 aromatic heterocycles. The van der Waals surface area contributed by atoms with Gasteiger partial charge in [0.05, 0.1) is 24.7 Å². The van der Waals surface area contributed by atoms with Gasteiger partial charge in [-0.3, -0.25) is 0 Å². The number of H-pyrrole nitrogens is 1. The number of nitrogens with one attached hydrogen (secondary N) is 2. The molecule has 8 heteroatoms. The van der Waals surface area contributed by atoms with Crippen LogP contribution in [0.4, 0.5) is 0 Å². The van der Waals surface area contributed by atoms with E-state index in [-0.39, 0.29) is 11.4 Å². The van der Waals surface area contributed by atoms with E-state index in [1.54, 1.807) is 24.3 Å². The molecule has 178 valence electrons. The largest absolute Gasteiger partial charge is 0.490 e. The van der Waals surface area contributed by atoms with Crippen LogP contribution in [0.2, 0.25) is 0 Å². The molecule has 1 aliphatic carbocycles. The second-order valence-corrected chi connectivity index (χ2v) is 9.81. The van der Waals surface area contributed by atoms with Crippen molar-refractivity contribution in [3.63, 3.8) is 0 Å². The highest BCUT2D eigenvalue weighted by molar-refractivity contribution is 7.89. The van der Waals surface area contributed by atoms with E-state index in [2.05, 4.69) is 9.71 Å². The lowest BCUT2D eigenvalue weighted by atomic mass is 9.96. The molecule has 4 rings (SSSR count). The maximum absolute atomic E-state index is 13.1. The minimum atomic E-state index is -3.70. The summed E-state index contributed by atoms with van der Waals surface area (Å²) in [6, 6.07) is 8.89. The molecule has 0 aliphatic heterocycles. The van der Waals surface area contributed by atoms with Crippen LogP contribution in [0.15, 0.2) is 35.2 Å². The van der Waals surface area contributed by atoms with Crippen molar-refractivity contribution in [3.05, 3.63) is 47.2 Å². The average molecular weight is 473 g/mol. The summed E-state index contributed by atoms with van der Waals surface area (Å²) in [7, 11) is -3.70. The number of benzene rings is 2. The van der Waals surface area contributed by atoms with Gasteiger partial charge >= 0.3 is 0 Å². The van der Waals surface area contributed by atoms with Crippen molar-refractivity contribution in [2.45, 2.75) is 57.9 Å². The van der Waals surface area contributed by atoms with E-state index in [0.717, 1.165) is 35.7 Å². The van der Waals surface area contributed by atoms with Crippen molar-refractivity contribution >= 4 is 20.9 Å². The third-order valence-corrected chi connectivity index (χ3v) is 7.21. The molecule has 7 nitrogen and oxygen atoms in total. The van der Waals surface area contributed by atoms with Crippen molar-refractivity contribution in [1.29, 1.82) is 0 Å². The Hall–Kier alpha value is -2.71. The molecule has 0 atom stereocenters. The maximum Gasteiger partial charge on any atom is 0.240 e. The highest BCUT2D eigenvalue weighted by Crippen LogP contribution is 2.39. The number of ether oxygens (including phenoxy) is 3. The minimum absolute atomic E-state index is 0.109. The molecule has 0 bridgehead atoms. The third kappa shape index (κ3) is 4.96. The van der Waals surface area contributed by atoms with E-state index in [4.69, 9.17) is 14.2 Å². The van der Waals surface area contributed by atoms with Gasteiger partial charge in [-0.15, -0.1) is 0 Å². The van der Waals surface area contributed by atoms with E-state index in [0.29, 0.717) is 37.1 Å². The predicted octanol–water partition coefficient (Wildman–Crippen LogP) is 4.72. The van der Waals surface area contributed by atoms with Gasteiger partial charge in [-0.2, -0.15) is 0 Å². The standard InChI is InChI=1S/C25H32N2O5S/c1-4-30-23-13-17(14-24(31-5-2)25(23)32-6-3)16-26-33(28,29)18-11-12-22-20(15-18)19-9-7-8-10-21(19)27-22/h11-15,26-27H,4-10,16H2,1-3H3. The van der Waals surface area contributed by atoms with Gasteiger partial charge < -0.3 is 19.2 Å². The molecular formula is C25H32N2O5S. The van der Waals surface area contributed by atoms with Crippen molar-refractivity contribution in [2.24, 2.45) is 0 Å². The Morgan fingerprint density at radius 2 is 1.58 bits per heavy atom. The molecular weight excluding hydrogens is 440 g/mol.